The topological polar surface area (TPSA) is 45.5 Å². The van der Waals surface area contributed by atoms with Gasteiger partial charge in [0.25, 0.3) is 0 Å². The van der Waals surface area contributed by atoms with Crippen LogP contribution in [0.5, 0.6) is 11.5 Å². The maximum atomic E-state index is 6.42. The molecule has 0 radical (unpaired) electrons. The largest absolute Gasteiger partial charge is 0.454 e. The molecule has 0 N–H and O–H groups in total. The maximum absolute atomic E-state index is 6.42. The highest BCUT2D eigenvalue weighted by atomic mass is 35.5. The van der Waals surface area contributed by atoms with Crippen LogP contribution in [0.1, 0.15) is 17.2 Å². The molecule has 8 heteroatoms. The fourth-order valence-electron chi connectivity index (χ4n) is 3.45. The fourth-order valence-corrected chi connectivity index (χ4v) is 5.33. The van der Waals surface area contributed by atoms with Crippen molar-refractivity contribution in [1.82, 2.24) is 9.55 Å². The molecule has 3 heterocycles. The second kappa shape index (κ2) is 7.52. The number of fused-ring (bicyclic) bond motifs is 2. The molecule has 1 aromatic heterocycles. The predicted octanol–water partition coefficient (Wildman–Crippen LogP) is 5.35. The molecule has 0 spiro atoms. The molecular weight excluding hydrogens is 419 g/mol. The average Bonchev–Trinajstić information content (AvgIpc) is 3.40. The highest BCUT2D eigenvalue weighted by Gasteiger charge is 2.35. The monoisotopic (exact) mass is 434 g/mol. The zero-order chi connectivity index (χ0) is 19.1. The normalized spacial score (nSPS) is 19.8. The Hall–Kier alpha value is -1.86. The van der Waals surface area contributed by atoms with Gasteiger partial charge in [-0.25, -0.2) is 4.98 Å². The average molecular weight is 435 g/mol. The molecule has 2 aliphatic heterocycles. The number of hydrogen-bond donors (Lipinski definition) is 0. The van der Waals surface area contributed by atoms with Gasteiger partial charge in [0.1, 0.15) is 0 Å². The Kier molecular flexibility index (Phi) is 4.88. The van der Waals surface area contributed by atoms with Gasteiger partial charge in [0.05, 0.1) is 29.3 Å². The Bertz CT molecular complexity index is 1010. The van der Waals surface area contributed by atoms with Crippen molar-refractivity contribution in [3.05, 3.63) is 70.2 Å². The van der Waals surface area contributed by atoms with Crippen LogP contribution in [0.15, 0.2) is 53.9 Å². The first-order valence-corrected chi connectivity index (χ1v) is 10.4. The summed E-state index contributed by atoms with van der Waals surface area (Å²) >= 11 is 14.4. The minimum atomic E-state index is -0.0823. The highest BCUT2D eigenvalue weighted by molar-refractivity contribution is 8.00. The second-order valence-corrected chi connectivity index (χ2v) is 8.75. The van der Waals surface area contributed by atoms with Gasteiger partial charge in [-0.05, 0) is 23.8 Å². The SMILES string of the molecule is Clc1ccc2c(c1)S[C@H](Cn1ccnc1)[C@@H]2OCc1cc2c(cc1Cl)OCO2. The van der Waals surface area contributed by atoms with E-state index in [0.29, 0.717) is 23.1 Å². The highest BCUT2D eigenvalue weighted by Crippen LogP contribution is 2.48. The summed E-state index contributed by atoms with van der Waals surface area (Å²) in [5, 5.41) is 1.54. The molecule has 0 saturated heterocycles. The van der Waals surface area contributed by atoms with Gasteiger partial charge in [-0.15, -0.1) is 11.8 Å². The van der Waals surface area contributed by atoms with E-state index in [-0.39, 0.29) is 18.1 Å². The number of nitrogens with zero attached hydrogens (tertiary/aromatic N) is 2. The second-order valence-electron chi connectivity index (χ2n) is 6.63. The van der Waals surface area contributed by atoms with Crippen LogP contribution in [0, 0.1) is 0 Å². The standard InChI is InChI=1S/C20H16Cl2N2O3S/c21-13-1-2-14-18(6-13)28-19(8-24-4-3-23-10-24)20(14)25-9-12-5-16-17(7-15(12)22)27-11-26-16/h1-7,10,19-20H,8-9,11H2/t19-,20-/m1/s1. The van der Waals surface area contributed by atoms with Crippen LogP contribution >= 0.6 is 35.0 Å². The fraction of sp³-hybridized carbons (Fsp3) is 0.250. The van der Waals surface area contributed by atoms with Gasteiger partial charge in [-0.1, -0.05) is 29.3 Å². The summed E-state index contributed by atoms with van der Waals surface area (Å²) < 4.78 is 19.3. The Morgan fingerprint density at radius 3 is 2.86 bits per heavy atom. The third-order valence-electron chi connectivity index (χ3n) is 4.81. The van der Waals surface area contributed by atoms with Crippen molar-refractivity contribution in [2.75, 3.05) is 6.79 Å². The van der Waals surface area contributed by atoms with E-state index in [0.717, 1.165) is 27.6 Å². The lowest BCUT2D eigenvalue weighted by atomic mass is 10.1. The van der Waals surface area contributed by atoms with Crippen LogP contribution in [0.25, 0.3) is 0 Å². The molecule has 144 valence electrons. The van der Waals surface area contributed by atoms with Crippen molar-refractivity contribution in [3.8, 4) is 11.5 Å². The van der Waals surface area contributed by atoms with E-state index in [2.05, 4.69) is 9.55 Å². The number of benzene rings is 2. The minimum absolute atomic E-state index is 0.0823. The van der Waals surface area contributed by atoms with Crippen LogP contribution in [-0.4, -0.2) is 21.6 Å². The van der Waals surface area contributed by atoms with Gasteiger partial charge in [0.15, 0.2) is 11.5 Å². The quantitative estimate of drug-likeness (QED) is 0.541. The van der Waals surface area contributed by atoms with Crippen LogP contribution in [0.4, 0.5) is 0 Å². The zero-order valence-electron chi connectivity index (χ0n) is 14.7. The Morgan fingerprint density at radius 2 is 2.04 bits per heavy atom. The summed E-state index contributed by atoms with van der Waals surface area (Å²) in [6.45, 7) is 1.38. The number of aromatic nitrogens is 2. The summed E-state index contributed by atoms with van der Waals surface area (Å²) in [7, 11) is 0. The number of ether oxygens (including phenoxy) is 3. The summed E-state index contributed by atoms with van der Waals surface area (Å²) in [5.41, 5.74) is 2.02. The molecule has 0 bridgehead atoms. The number of imidazole rings is 1. The van der Waals surface area contributed by atoms with Crippen LogP contribution in [0.3, 0.4) is 0 Å². The van der Waals surface area contributed by atoms with Crippen molar-refractivity contribution in [3.63, 3.8) is 0 Å². The molecule has 5 nitrogen and oxygen atoms in total. The molecule has 0 amide bonds. The van der Waals surface area contributed by atoms with E-state index in [9.17, 15) is 0 Å². The lowest BCUT2D eigenvalue weighted by Gasteiger charge is -2.21. The summed E-state index contributed by atoms with van der Waals surface area (Å²) in [4.78, 5) is 5.29. The smallest absolute Gasteiger partial charge is 0.231 e. The van der Waals surface area contributed by atoms with Gasteiger partial charge < -0.3 is 18.8 Å². The molecule has 5 rings (SSSR count). The predicted molar refractivity (Wildman–Crippen MR) is 108 cm³/mol. The van der Waals surface area contributed by atoms with Crippen LogP contribution < -0.4 is 9.47 Å². The van der Waals surface area contributed by atoms with E-state index >= 15 is 0 Å². The number of thioether (sulfide) groups is 1. The van der Waals surface area contributed by atoms with E-state index in [1.807, 2.05) is 36.8 Å². The summed E-state index contributed by atoms with van der Waals surface area (Å²) in [6.07, 6.45) is 5.48. The third kappa shape index (κ3) is 3.46. The molecule has 2 atom stereocenters. The molecular formula is C20H16Cl2N2O3S. The first-order valence-electron chi connectivity index (χ1n) is 8.79. The molecule has 2 aromatic carbocycles. The summed E-state index contributed by atoms with van der Waals surface area (Å²) in [6, 6.07) is 9.62. The van der Waals surface area contributed by atoms with Crippen molar-refractivity contribution in [2.45, 2.75) is 29.4 Å². The lowest BCUT2D eigenvalue weighted by Crippen LogP contribution is -2.19. The number of hydrogen-bond acceptors (Lipinski definition) is 5. The van der Waals surface area contributed by atoms with Crippen LogP contribution in [0.2, 0.25) is 10.0 Å². The summed E-state index contributed by atoms with van der Waals surface area (Å²) in [5.74, 6) is 1.37. The van der Waals surface area contributed by atoms with E-state index in [1.165, 1.54) is 0 Å². The van der Waals surface area contributed by atoms with Crippen LogP contribution in [-0.2, 0) is 17.9 Å². The molecule has 0 aliphatic carbocycles. The Labute approximate surface area is 176 Å². The van der Waals surface area contributed by atoms with Gasteiger partial charge in [0, 0.05) is 40.5 Å². The molecule has 0 unspecified atom stereocenters. The van der Waals surface area contributed by atoms with E-state index < -0.39 is 0 Å². The first kappa shape index (κ1) is 18.2. The van der Waals surface area contributed by atoms with Gasteiger partial charge in [0.2, 0.25) is 6.79 Å². The van der Waals surface area contributed by atoms with Crippen molar-refractivity contribution >= 4 is 35.0 Å². The Balaban J connectivity index is 1.39. The molecule has 2 aliphatic rings. The zero-order valence-corrected chi connectivity index (χ0v) is 17.0. The molecule has 3 aromatic rings. The minimum Gasteiger partial charge on any atom is -0.454 e. The lowest BCUT2D eigenvalue weighted by molar-refractivity contribution is 0.0366. The van der Waals surface area contributed by atoms with E-state index in [4.69, 9.17) is 37.4 Å². The molecule has 28 heavy (non-hydrogen) atoms. The number of halogens is 2. The first-order chi connectivity index (χ1) is 13.7. The molecule has 0 saturated carbocycles. The Morgan fingerprint density at radius 1 is 1.18 bits per heavy atom. The van der Waals surface area contributed by atoms with Crippen molar-refractivity contribution in [1.29, 1.82) is 0 Å². The van der Waals surface area contributed by atoms with Crippen molar-refractivity contribution < 1.29 is 14.2 Å². The van der Waals surface area contributed by atoms with E-state index in [1.54, 1.807) is 24.0 Å². The maximum Gasteiger partial charge on any atom is 0.231 e. The number of rotatable bonds is 5. The van der Waals surface area contributed by atoms with Gasteiger partial charge >= 0.3 is 0 Å². The third-order valence-corrected chi connectivity index (χ3v) is 6.70. The molecule has 0 fully saturated rings. The van der Waals surface area contributed by atoms with Gasteiger partial charge in [-0.3, -0.25) is 0 Å². The van der Waals surface area contributed by atoms with Gasteiger partial charge in [-0.2, -0.15) is 0 Å². The van der Waals surface area contributed by atoms with Crippen molar-refractivity contribution in [2.24, 2.45) is 0 Å².